The first-order valence-corrected chi connectivity index (χ1v) is 4.34. The molecule has 0 unspecified atom stereocenters. The van der Waals surface area contributed by atoms with Crippen molar-refractivity contribution in [2.75, 3.05) is 13.2 Å². The molecular weight excluding hydrogens is 144 g/mol. The quantitative estimate of drug-likeness (QED) is 0.483. The smallest absolute Gasteiger partial charge is 0.197 e. The molecule has 3 heteroatoms. The lowest BCUT2D eigenvalue weighted by Crippen LogP contribution is -2.40. The first kappa shape index (κ1) is 6.40. The van der Waals surface area contributed by atoms with Crippen LogP contribution in [0, 0.1) is 0 Å². The summed E-state index contributed by atoms with van der Waals surface area (Å²) in [5.74, 6) is -0.317. The van der Waals surface area contributed by atoms with Crippen molar-refractivity contribution in [3.05, 3.63) is 0 Å². The van der Waals surface area contributed by atoms with Gasteiger partial charge in [-0.1, -0.05) is 0 Å². The van der Waals surface area contributed by atoms with E-state index in [9.17, 15) is 0 Å². The third-order valence-electron chi connectivity index (χ3n) is 2.81. The second kappa shape index (κ2) is 1.97. The Balaban J connectivity index is 1.84. The zero-order valence-corrected chi connectivity index (χ0v) is 6.41. The summed E-state index contributed by atoms with van der Waals surface area (Å²) in [5.41, 5.74) is 0. The minimum absolute atomic E-state index is 0.263. The largest absolute Gasteiger partial charge is 0.364 e. The highest BCUT2D eigenvalue weighted by molar-refractivity contribution is 5.02. The second-order valence-corrected chi connectivity index (χ2v) is 3.50. The maximum absolute atomic E-state index is 5.59. The van der Waals surface area contributed by atoms with E-state index in [0.717, 1.165) is 19.6 Å². The van der Waals surface area contributed by atoms with Gasteiger partial charge in [0.1, 0.15) is 6.10 Å². The summed E-state index contributed by atoms with van der Waals surface area (Å²) in [7, 11) is 0. The van der Waals surface area contributed by atoms with Gasteiger partial charge in [-0.25, -0.2) is 0 Å². The maximum Gasteiger partial charge on any atom is 0.197 e. The number of epoxide rings is 1. The molecular formula is C8H12O3. The molecule has 2 heterocycles. The maximum atomic E-state index is 5.59. The molecule has 3 rings (SSSR count). The lowest BCUT2D eigenvalue weighted by atomic mass is 9.94. The second-order valence-electron chi connectivity index (χ2n) is 3.50. The van der Waals surface area contributed by atoms with Crippen molar-refractivity contribution in [1.29, 1.82) is 0 Å². The molecule has 2 aliphatic heterocycles. The van der Waals surface area contributed by atoms with Crippen LogP contribution in [0.2, 0.25) is 0 Å². The van der Waals surface area contributed by atoms with E-state index in [1.807, 2.05) is 0 Å². The van der Waals surface area contributed by atoms with E-state index >= 15 is 0 Å². The molecule has 2 atom stereocenters. The van der Waals surface area contributed by atoms with Gasteiger partial charge in [-0.15, -0.1) is 0 Å². The Hall–Kier alpha value is -0.120. The molecule has 0 N–H and O–H groups in total. The molecule has 2 saturated heterocycles. The zero-order valence-electron chi connectivity index (χ0n) is 6.41. The van der Waals surface area contributed by atoms with Crippen molar-refractivity contribution < 1.29 is 14.2 Å². The van der Waals surface area contributed by atoms with Gasteiger partial charge in [0.05, 0.1) is 19.3 Å². The fraction of sp³-hybridized carbons (Fsp3) is 1.00. The predicted molar refractivity (Wildman–Crippen MR) is 37.1 cm³/mol. The van der Waals surface area contributed by atoms with Crippen LogP contribution in [0.15, 0.2) is 0 Å². The van der Waals surface area contributed by atoms with E-state index in [1.54, 1.807) is 0 Å². The fourth-order valence-electron chi connectivity index (χ4n) is 2.22. The van der Waals surface area contributed by atoms with Gasteiger partial charge >= 0.3 is 0 Å². The van der Waals surface area contributed by atoms with Crippen LogP contribution in [-0.4, -0.2) is 31.2 Å². The summed E-state index contributed by atoms with van der Waals surface area (Å²) in [5, 5.41) is 0. The molecule has 0 aromatic heterocycles. The Kier molecular flexibility index (Phi) is 1.15. The Bertz CT molecular complexity index is 174. The van der Waals surface area contributed by atoms with Gasteiger partial charge in [-0.2, -0.15) is 0 Å². The average molecular weight is 156 g/mol. The van der Waals surface area contributed by atoms with E-state index in [2.05, 4.69) is 0 Å². The highest BCUT2D eigenvalue weighted by Gasteiger charge is 2.60. The molecule has 0 radical (unpaired) electrons. The Morgan fingerprint density at radius 2 is 2.00 bits per heavy atom. The molecule has 0 bridgehead atoms. The van der Waals surface area contributed by atoms with Crippen LogP contribution in [-0.2, 0) is 14.2 Å². The lowest BCUT2D eigenvalue weighted by molar-refractivity contribution is -0.179. The molecule has 1 aliphatic carbocycles. The van der Waals surface area contributed by atoms with E-state index in [-0.39, 0.29) is 11.9 Å². The van der Waals surface area contributed by atoms with Crippen LogP contribution < -0.4 is 0 Å². The van der Waals surface area contributed by atoms with Crippen LogP contribution in [0.25, 0.3) is 0 Å². The third-order valence-corrected chi connectivity index (χ3v) is 2.81. The monoisotopic (exact) mass is 156 g/mol. The predicted octanol–water partition coefficient (Wildman–Crippen LogP) is 0.681. The van der Waals surface area contributed by atoms with Crippen LogP contribution in [0.3, 0.4) is 0 Å². The first-order valence-electron chi connectivity index (χ1n) is 4.34. The average Bonchev–Trinajstić information content (AvgIpc) is 2.68. The number of fused-ring (bicyclic) bond motifs is 2. The molecule has 0 aromatic rings. The molecule has 11 heavy (non-hydrogen) atoms. The normalized spacial score (nSPS) is 45.8. The summed E-state index contributed by atoms with van der Waals surface area (Å²) in [6.07, 6.45) is 4.11. The standard InChI is InChI=1S/C8H12O3/c1-2-6-7(11-6)8(3-1)9-4-5-10-8/h6-7H,1-5H2/t6-,7-/m0/s1. The number of ether oxygens (including phenoxy) is 3. The van der Waals surface area contributed by atoms with E-state index in [4.69, 9.17) is 14.2 Å². The van der Waals surface area contributed by atoms with E-state index in [0.29, 0.717) is 6.10 Å². The number of hydrogen-bond acceptors (Lipinski definition) is 3. The van der Waals surface area contributed by atoms with Gasteiger partial charge in [0.25, 0.3) is 0 Å². The van der Waals surface area contributed by atoms with Gasteiger partial charge in [0, 0.05) is 6.42 Å². The fourth-order valence-corrected chi connectivity index (χ4v) is 2.22. The summed E-state index contributed by atoms with van der Waals surface area (Å²) in [6, 6.07) is 0. The van der Waals surface area contributed by atoms with Crippen molar-refractivity contribution in [2.45, 2.75) is 37.3 Å². The number of rotatable bonds is 0. The highest BCUT2D eigenvalue weighted by atomic mass is 16.8. The zero-order chi connectivity index (χ0) is 7.31. The number of hydrogen-bond donors (Lipinski definition) is 0. The lowest BCUT2D eigenvalue weighted by Gasteiger charge is -2.28. The topological polar surface area (TPSA) is 31.0 Å². The van der Waals surface area contributed by atoms with Crippen LogP contribution in [0.1, 0.15) is 19.3 Å². The van der Waals surface area contributed by atoms with E-state index < -0.39 is 0 Å². The Labute approximate surface area is 65.6 Å². The minimum Gasteiger partial charge on any atom is -0.364 e. The third kappa shape index (κ3) is 0.789. The Morgan fingerprint density at radius 1 is 1.18 bits per heavy atom. The summed E-state index contributed by atoms with van der Waals surface area (Å²) in [4.78, 5) is 0. The molecule has 1 saturated carbocycles. The molecule has 3 aliphatic rings. The van der Waals surface area contributed by atoms with Crippen LogP contribution in [0.4, 0.5) is 0 Å². The summed E-state index contributed by atoms with van der Waals surface area (Å²) in [6.45, 7) is 1.49. The van der Waals surface area contributed by atoms with Crippen molar-refractivity contribution in [3.8, 4) is 0 Å². The first-order chi connectivity index (χ1) is 5.41. The van der Waals surface area contributed by atoms with Gasteiger partial charge < -0.3 is 14.2 Å². The summed E-state index contributed by atoms with van der Waals surface area (Å²) < 4.78 is 16.6. The highest BCUT2D eigenvalue weighted by Crippen LogP contribution is 2.47. The van der Waals surface area contributed by atoms with Crippen molar-refractivity contribution in [3.63, 3.8) is 0 Å². The minimum atomic E-state index is -0.317. The SMILES string of the molecule is C1C[C@@H]2O[C@@H]2C2(C1)OCCO2. The molecule has 62 valence electrons. The van der Waals surface area contributed by atoms with Crippen molar-refractivity contribution >= 4 is 0 Å². The van der Waals surface area contributed by atoms with Crippen molar-refractivity contribution in [1.82, 2.24) is 0 Å². The van der Waals surface area contributed by atoms with Gasteiger partial charge in [0.15, 0.2) is 5.79 Å². The Morgan fingerprint density at radius 3 is 2.82 bits per heavy atom. The van der Waals surface area contributed by atoms with E-state index in [1.165, 1.54) is 12.8 Å². The van der Waals surface area contributed by atoms with Crippen molar-refractivity contribution in [2.24, 2.45) is 0 Å². The molecule has 3 fully saturated rings. The molecule has 3 nitrogen and oxygen atoms in total. The van der Waals surface area contributed by atoms with Gasteiger partial charge in [-0.05, 0) is 12.8 Å². The van der Waals surface area contributed by atoms with Crippen LogP contribution >= 0.6 is 0 Å². The molecule has 0 amide bonds. The summed E-state index contributed by atoms with van der Waals surface area (Å²) >= 11 is 0. The van der Waals surface area contributed by atoms with Crippen LogP contribution in [0.5, 0.6) is 0 Å². The van der Waals surface area contributed by atoms with Gasteiger partial charge in [0.2, 0.25) is 0 Å². The van der Waals surface area contributed by atoms with Gasteiger partial charge in [-0.3, -0.25) is 0 Å². The molecule has 1 spiro atoms. The molecule has 0 aromatic carbocycles.